The van der Waals surface area contributed by atoms with Crippen LogP contribution in [0.25, 0.3) is 0 Å². The number of benzene rings is 1. The summed E-state index contributed by atoms with van der Waals surface area (Å²) in [5.74, 6) is -0.904. The molecule has 0 fully saturated rings. The van der Waals surface area contributed by atoms with Crippen molar-refractivity contribution in [3.05, 3.63) is 33.9 Å². The first-order valence-electron chi connectivity index (χ1n) is 7.97. The van der Waals surface area contributed by atoms with Gasteiger partial charge in [0.1, 0.15) is 0 Å². The lowest BCUT2D eigenvalue weighted by Crippen LogP contribution is -2.36. The monoisotopic (exact) mass is 354 g/mol. The molecule has 1 aromatic rings. The highest BCUT2D eigenvalue weighted by atomic mass is 16.3. The van der Waals surface area contributed by atoms with E-state index in [4.69, 9.17) is 10.2 Å². The summed E-state index contributed by atoms with van der Waals surface area (Å²) in [6.07, 6.45) is -2.12. The van der Waals surface area contributed by atoms with Crippen molar-refractivity contribution >= 4 is 11.8 Å². The molecule has 0 spiro atoms. The fraction of sp³-hybridized carbons (Fsp3) is 0.529. The third kappa shape index (κ3) is 5.50. The first-order chi connectivity index (χ1) is 11.7. The summed E-state index contributed by atoms with van der Waals surface area (Å²) in [6.45, 7) is 4.00. The molecule has 2 amide bonds. The molecule has 0 heterocycles. The Bertz CT molecular complexity index is 582. The maximum Gasteiger partial charge on any atom is 0.251 e. The molecule has 8 nitrogen and oxygen atoms in total. The van der Waals surface area contributed by atoms with E-state index in [1.165, 1.54) is 0 Å². The normalized spacial score (nSPS) is 13.2. The van der Waals surface area contributed by atoms with Crippen molar-refractivity contribution in [2.24, 2.45) is 0 Å². The van der Waals surface area contributed by atoms with Crippen LogP contribution in [0.5, 0.6) is 0 Å². The molecule has 2 atom stereocenters. The van der Waals surface area contributed by atoms with Crippen LogP contribution in [-0.4, -0.2) is 70.8 Å². The Morgan fingerprint density at radius 3 is 1.56 bits per heavy atom. The molecule has 0 aliphatic heterocycles. The van der Waals surface area contributed by atoms with Gasteiger partial charge < -0.3 is 31.1 Å². The number of hydrogen-bond acceptors (Lipinski definition) is 6. The molecule has 0 bridgehead atoms. The topological polar surface area (TPSA) is 139 Å². The van der Waals surface area contributed by atoms with Crippen LogP contribution in [-0.2, 0) is 0 Å². The second-order valence-electron chi connectivity index (χ2n) is 5.98. The minimum absolute atomic E-state index is 0.105. The zero-order chi connectivity index (χ0) is 19.1. The molecule has 0 saturated heterocycles. The summed E-state index contributed by atoms with van der Waals surface area (Å²) < 4.78 is 0. The standard InChI is InChI=1S/C17H26N2O6/c1-9-4-10(2)15(17(25)19-6-13(23)8-21)11(3)14(9)16(24)18-5-12(22)7-20/h4,12-13,20-23H,5-8H2,1-3H3,(H,18,24)(H,19,25). The second-order valence-corrected chi connectivity index (χ2v) is 5.98. The van der Waals surface area contributed by atoms with E-state index in [0.29, 0.717) is 27.8 Å². The number of aliphatic hydroxyl groups excluding tert-OH is 4. The largest absolute Gasteiger partial charge is 0.394 e. The summed E-state index contributed by atoms with van der Waals surface area (Å²) in [4.78, 5) is 24.8. The van der Waals surface area contributed by atoms with E-state index in [1.807, 2.05) is 0 Å². The van der Waals surface area contributed by atoms with Crippen molar-refractivity contribution in [3.8, 4) is 0 Å². The van der Waals surface area contributed by atoms with Gasteiger partial charge in [0.25, 0.3) is 11.8 Å². The van der Waals surface area contributed by atoms with Crippen LogP contribution in [0, 0.1) is 20.8 Å². The number of carbonyl (C=O) groups excluding carboxylic acids is 2. The van der Waals surface area contributed by atoms with Gasteiger partial charge in [-0.25, -0.2) is 0 Å². The Labute approximate surface area is 146 Å². The zero-order valence-corrected chi connectivity index (χ0v) is 14.7. The van der Waals surface area contributed by atoms with Crippen LogP contribution >= 0.6 is 0 Å². The van der Waals surface area contributed by atoms with Crippen LogP contribution in [0.1, 0.15) is 37.4 Å². The van der Waals surface area contributed by atoms with Gasteiger partial charge in [-0.3, -0.25) is 9.59 Å². The number of nitrogens with one attached hydrogen (secondary N) is 2. The van der Waals surface area contributed by atoms with Gasteiger partial charge in [-0.1, -0.05) is 6.07 Å². The Morgan fingerprint density at radius 1 is 0.880 bits per heavy atom. The quantitative estimate of drug-likeness (QED) is 0.346. The molecule has 0 aromatic heterocycles. The fourth-order valence-electron chi connectivity index (χ4n) is 2.61. The number of amides is 2. The Balaban J connectivity index is 3.08. The van der Waals surface area contributed by atoms with Crippen molar-refractivity contribution in [2.75, 3.05) is 26.3 Å². The summed E-state index contributed by atoms with van der Waals surface area (Å²) >= 11 is 0. The average molecular weight is 354 g/mol. The van der Waals surface area contributed by atoms with Gasteiger partial charge in [0.2, 0.25) is 0 Å². The minimum atomic E-state index is -1.06. The minimum Gasteiger partial charge on any atom is -0.394 e. The highest BCUT2D eigenvalue weighted by molar-refractivity contribution is 6.03. The van der Waals surface area contributed by atoms with E-state index in [1.54, 1.807) is 26.8 Å². The van der Waals surface area contributed by atoms with E-state index >= 15 is 0 Å². The van der Waals surface area contributed by atoms with Crippen molar-refractivity contribution < 1.29 is 30.0 Å². The van der Waals surface area contributed by atoms with Gasteiger partial charge in [0.05, 0.1) is 25.4 Å². The van der Waals surface area contributed by atoms with Gasteiger partial charge >= 0.3 is 0 Å². The Morgan fingerprint density at radius 2 is 1.24 bits per heavy atom. The third-order valence-electron chi connectivity index (χ3n) is 3.84. The number of aryl methyl sites for hydroxylation is 2. The summed E-state index contributed by atoms with van der Waals surface area (Å²) in [6, 6.07) is 1.71. The van der Waals surface area contributed by atoms with Crippen LogP contribution < -0.4 is 10.6 Å². The number of rotatable bonds is 8. The molecule has 1 rings (SSSR count). The molecular weight excluding hydrogens is 328 g/mol. The molecule has 1 aromatic carbocycles. The molecular formula is C17H26N2O6. The average Bonchev–Trinajstić information content (AvgIpc) is 2.56. The molecule has 0 saturated carbocycles. The fourth-order valence-corrected chi connectivity index (χ4v) is 2.61. The smallest absolute Gasteiger partial charge is 0.251 e. The summed E-state index contributed by atoms with van der Waals surface area (Å²) in [7, 11) is 0. The molecule has 0 aliphatic rings. The maximum atomic E-state index is 12.4. The predicted molar refractivity (Wildman–Crippen MR) is 91.5 cm³/mol. The first-order valence-corrected chi connectivity index (χ1v) is 7.97. The maximum absolute atomic E-state index is 12.4. The molecule has 2 unspecified atom stereocenters. The molecule has 25 heavy (non-hydrogen) atoms. The number of hydrogen-bond donors (Lipinski definition) is 6. The Hall–Kier alpha value is -2.00. The molecule has 140 valence electrons. The van der Waals surface area contributed by atoms with Crippen molar-refractivity contribution in [1.29, 1.82) is 0 Å². The van der Waals surface area contributed by atoms with Crippen LogP contribution in [0.3, 0.4) is 0 Å². The van der Waals surface area contributed by atoms with Crippen LogP contribution in [0.15, 0.2) is 6.07 Å². The first kappa shape index (κ1) is 21.0. The lowest BCUT2D eigenvalue weighted by molar-refractivity contribution is 0.0798. The van der Waals surface area contributed by atoms with Gasteiger partial charge in [-0.05, 0) is 37.5 Å². The molecule has 0 aliphatic carbocycles. The van der Waals surface area contributed by atoms with Crippen molar-refractivity contribution in [3.63, 3.8) is 0 Å². The number of aliphatic hydroxyl groups is 4. The van der Waals surface area contributed by atoms with Gasteiger partial charge in [0.15, 0.2) is 0 Å². The van der Waals surface area contributed by atoms with E-state index in [2.05, 4.69) is 10.6 Å². The molecule has 8 heteroatoms. The highest BCUT2D eigenvalue weighted by Gasteiger charge is 2.21. The zero-order valence-electron chi connectivity index (χ0n) is 14.7. The van der Waals surface area contributed by atoms with Crippen molar-refractivity contribution in [1.82, 2.24) is 10.6 Å². The van der Waals surface area contributed by atoms with Gasteiger partial charge in [-0.15, -0.1) is 0 Å². The predicted octanol–water partition coefficient (Wildman–Crippen LogP) is -1.22. The second kappa shape index (κ2) is 9.47. The van der Waals surface area contributed by atoms with Gasteiger partial charge in [0, 0.05) is 24.2 Å². The SMILES string of the molecule is Cc1cc(C)c(C(=O)NCC(O)CO)c(C)c1C(=O)NCC(O)CO. The molecule has 0 radical (unpaired) electrons. The van der Waals surface area contributed by atoms with E-state index in [9.17, 15) is 19.8 Å². The lowest BCUT2D eigenvalue weighted by atomic mass is 9.92. The third-order valence-corrected chi connectivity index (χ3v) is 3.84. The van der Waals surface area contributed by atoms with E-state index in [-0.39, 0.29) is 13.1 Å². The van der Waals surface area contributed by atoms with Crippen LogP contribution in [0.2, 0.25) is 0 Å². The Kier molecular flexibility index (Phi) is 7.98. The van der Waals surface area contributed by atoms with E-state index < -0.39 is 37.2 Å². The van der Waals surface area contributed by atoms with E-state index in [0.717, 1.165) is 0 Å². The lowest BCUT2D eigenvalue weighted by Gasteiger charge is -2.18. The van der Waals surface area contributed by atoms with Crippen LogP contribution in [0.4, 0.5) is 0 Å². The molecule has 6 N–H and O–H groups in total. The summed E-state index contributed by atoms with van der Waals surface area (Å²) in [5.41, 5.74) is 2.48. The summed E-state index contributed by atoms with van der Waals surface area (Å²) in [5, 5.41) is 41.4. The van der Waals surface area contributed by atoms with Crippen molar-refractivity contribution in [2.45, 2.75) is 33.0 Å². The number of carbonyl (C=O) groups is 2. The highest BCUT2D eigenvalue weighted by Crippen LogP contribution is 2.22. The van der Waals surface area contributed by atoms with Gasteiger partial charge in [-0.2, -0.15) is 0 Å².